The molecule has 0 spiro atoms. The van der Waals surface area contributed by atoms with Gasteiger partial charge in [0.25, 0.3) is 15.0 Å². The molecule has 0 aliphatic rings. The molecule has 96 valence electrons. The molecule has 0 saturated carbocycles. The zero-order chi connectivity index (χ0) is 13.3. The van der Waals surface area contributed by atoms with Gasteiger partial charge in [-0.1, -0.05) is 6.92 Å². The fraction of sp³-hybridized carbons (Fsp3) is 0.500. The molecular formula is C10H14ClNO3S2. The summed E-state index contributed by atoms with van der Waals surface area (Å²) in [6.45, 7) is 5.76. The van der Waals surface area contributed by atoms with E-state index in [1.807, 2.05) is 20.8 Å². The molecule has 0 saturated heterocycles. The minimum Gasteiger partial charge on any atom is -0.347 e. The maximum absolute atomic E-state index is 11.8. The van der Waals surface area contributed by atoms with Crippen LogP contribution in [0.1, 0.15) is 37.6 Å². The van der Waals surface area contributed by atoms with E-state index >= 15 is 0 Å². The molecule has 1 N–H and O–H groups in total. The molecule has 1 aromatic rings. The topological polar surface area (TPSA) is 63.2 Å². The number of carbonyl (C=O) groups excluding carboxylic acids is 1. The first-order valence-corrected chi connectivity index (χ1v) is 8.20. The van der Waals surface area contributed by atoms with Gasteiger partial charge >= 0.3 is 0 Å². The zero-order valence-electron chi connectivity index (χ0n) is 9.78. The van der Waals surface area contributed by atoms with Crippen LogP contribution in [0.5, 0.6) is 0 Å². The molecule has 1 rings (SSSR count). The molecular weight excluding hydrogens is 282 g/mol. The third-order valence-corrected chi connectivity index (χ3v) is 5.45. The van der Waals surface area contributed by atoms with E-state index in [0.29, 0.717) is 5.56 Å². The van der Waals surface area contributed by atoms with E-state index in [1.165, 1.54) is 11.4 Å². The minimum atomic E-state index is -3.75. The second-order valence-corrected chi connectivity index (χ2v) is 7.99. The largest absolute Gasteiger partial charge is 0.347 e. The van der Waals surface area contributed by atoms with Gasteiger partial charge < -0.3 is 5.32 Å². The summed E-state index contributed by atoms with van der Waals surface area (Å²) >= 11 is 0.938. The highest BCUT2D eigenvalue weighted by Gasteiger charge is 2.21. The van der Waals surface area contributed by atoms with Crippen LogP contribution in [0.3, 0.4) is 0 Å². The molecule has 17 heavy (non-hydrogen) atoms. The first-order valence-electron chi connectivity index (χ1n) is 5.01. The number of rotatable bonds is 4. The lowest BCUT2D eigenvalue weighted by Crippen LogP contribution is -2.42. The third-order valence-electron chi connectivity index (χ3n) is 2.41. The molecule has 0 radical (unpaired) electrons. The summed E-state index contributed by atoms with van der Waals surface area (Å²) in [6.07, 6.45) is 0.781. The van der Waals surface area contributed by atoms with Crippen LogP contribution in [-0.2, 0) is 9.05 Å². The summed E-state index contributed by atoms with van der Waals surface area (Å²) in [5.41, 5.74) is -0.00490. The number of hydrogen-bond acceptors (Lipinski definition) is 4. The van der Waals surface area contributed by atoms with Crippen LogP contribution in [0.4, 0.5) is 0 Å². The SMILES string of the molecule is CCC(C)(C)NC(=O)c1csc(S(=O)(=O)Cl)c1. The number of thiophene rings is 1. The van der Waals surface area contributed by atoms with E-state index in [-0.39, 0.29) is 15.7 Å². The Morgan fingerprint density at radius 2 is 2.12 bits per heavy atom. The highest BCUT2D eigenvalue weighted by molar-refractivity contribution is 8.15. The Morgan fingerprint density at radius 1 is 1.53 bits per heavy atom. The van der Waals surface area contributed by atoms with Crippen LogP contribution in [0.25, 0.3) is 0 Å². The summed E-state index contributed by atoms with van der Waals surface area (Å²) in [4.78, 5) is 11.8. The van der Waals surface area contributed by atoms with Crippen molar-refractivity contribution in [1.29, 1.82) is 0 Å². The van der Waals surface area contributed by atoms with E-state index in [9.17, 15) is 13.2 Å². The van der Waals surface area contributed by atoms with Gasteiger partial charge in [-0.2, -0.15) is 0 Å². The Hall–Kier alpha value is -0.590. The van der Waals surface area contributed by atoms with Crippen molar-refractivity contribution in [2.45, 2.75) is 36.9 Å². The molecule has 1 aromatic heterocycles. The first kappa shape index (κ1) is 14.5. The van der Waals surface area contributed by atoms with Crippen molar-refractivity contribution in [2.24, 2.45) is 0 Å². The highest BCUT2D eigenvalue weighted by atomic mass is 35.7. The number of nitrogens with one attached hydrogen (secondary N) is 1. The van der Waals surface area contributed by atoms with Crippen molar-refractivity contribution in [1.82, 2.24) is 5.32 Å². The molecule has 0 fully saturated rings. The predicted molar refractivity (Wildman–Crippen MR) is 69.2 cm³/mol. The predicted octanol–water partition coefficient (Wildman–Crippen LogP) is 2.59. The molecule has 0 bridgehead atoms. The van der Waals surface area contributed by atoms with E-state index in [1.54, 1.807) is 0 Å². The first-order chi connectivity index (χ1) is 7.65. The number of halogens is 1. The Morgan fingerprint density at radius 3 is 2.53 bits per heavy atom. The Labute approximate surface area is 109 Å². The second-order valence-electron chi connectivity index (χ2n) is 4.28. The van der Waals surface area contributed by atoms with Crippen molar-refractivity contribution in [3.05, 3.63) is 17.0 Å². The summed E-state index contributed by atoms with van der Waals surface area (Å²) in [6, 6.07) is 1.29. The van der Waals surface area contributed by atoms with Crippen molar-refractivity contribution in [3.63, 3.8) is 0 Å². The van der Waals surface area contributed by atoms with Crippen molar-refractivity contribution < 1.29 is 13.2 Å². The van der Waals surface area contributed by atoms with Crippen LogP contribution in [0.2, 0.25) is 0 Å². The quantitative estimate of drug-likeness (QED) is 0.869. The van der Waals surface area contributed by atoms with E-state index in [4.69, 9.17) is 10.7 Å². The van der Waals surface area contributed by atoms with Crippen molar-refractivity contribution in [3.8, 4) is 0 Å². The Balaban J connectivity index is 2.89. The van der Waals surface area contributed by atoms with Crippen molar-refractivity contribution in [2.75, 3.05) is 0 Å². The van der Waals surface area contributed by atoms with Gasteiger partial charge in [-0.15, -0.1) is 11.3 Å². The van der Waals surface area contributed by atoms with Crippen LogP contribution < -0.4 is 5.32 Å². The second kappa shape index (κ2) is 4.96. The lowest BCUT2D eigenvalue weighted by atomic mass is 10.0. The maximum atomic E-state index is 11.8. The summed E-state index contributed by atoms with van der Waals surface area (Å²) in [5.74, 6) is -0.292. The fourth-order valence-corrected chi connectivity index (χ4v) is 2.98. The normalized spacial score (nSPS) is 12.5. The van der Waals surface area contributed by atoms with Crippen molar-refractivity contribution >= 4 is 37.0 Å². The third kappa shape index (κ3) is 3.97. The zero-order valence-corrected chi connectivity index (χ0v) is 12.2. The smallest absolute Gasteiger partial charge is 0.270 e. The number of hydrogen-bond donors (Lipinski definition) is 1. The molecule has 7 heteroatoms. The van der Waals surface area contributed by atoms with Gasteiger partial charge in [0.15, 0.2) is 0 Å². The van der Waals surface area contributed by atoms with Crippen LogP contribution >= 0.6 is 22.0 Å². The van der Waals surface area contributed by atoms with Crippen LogP contribution in [-0.4, -0.2) is 19.9 Å². The van der Waals surface area contributed by atoms with Crippen LogP contribution in [0.15, 0.2) is 15.7 Å². The minimum absolute atomic E-state index is 0.0152. The van der Waals surface area contributed by atoms with Gasteiger partial charge in [-0.3, -0.25) is 4.79 Å². The summed E-state index contributed by atoms with van der Waals surface area (Å²) < 4.78 is 22.1. The van der Waals surface area contributed by atoms with E-state index in [0.717, 1.165) is 17.8 Å². The van der Waals surface area contributed by atoms with Gasteiger partial charge in [0.2, 0.25) is 0 Å². The average Bonchev–Trinajstić information content (AvgIpc) is 2.65. The molecule has 0 atom stereocenters. The van der Waals surface area contributed by atoms with Gasteiger partial charge in [0, 0.05) is 21.6 Å². The molecule has 0 aliphatic heterocycles. The number of carbonyl (C=O) groups is 1. The average molecular weight is 296 g/mol. The van der Waals surface area contributed by atoms with Gasteiger partial charge in [0.1, 0.15) is 4.21 Å². The van der Waals surface area contributed by atoms with Crippen LogP contribution in [0, 0.1) is 0 Å². The van der Waals surface area contributed by atoms with Gasteiger partial charge in [-0.25, -0.2) is 8.42 Å². The van der Waals surface area contributed by atoms with Gasteiger partial charge in [-0.05, 0) is 26.3 Å². The lowest BCUT2D eigenvalue weighted by molar-refractivity contribution is 0.0911. The van der Waals surface area contributed by atoms with E-state index < -0.39 is 9.05 Å². The molecule has 1 heterocycles. The summed E-state index contributed by atoms with van der Waals surface area (Å²) in [7, 11) is 1.43. The maximum Gasteiger partial charge on any atom is 0.270 e. The Kier molecular flexibility index (Phi) is 4.22. The highest BCUT2D eigenvalue weighted by Crippen LogP contribution is 2.24. The van der Waals surface area contributed by atoms with Gasteiger partial charge in [0.05, 0.1) is 5.56 Å². The molecule has 4 nitrogen and oxygen atoms in total. The lowest BCUT2D eigenvalue weighted by Gasteiger charge is -2.24. The molecule has 1 amide bonds. The monoisotopic (exact) mass is 295 g/mol. The Bertz CT molecular complexity index is 519. The number of amides is 1. The molecule has 0 unspecified atom stereocenters. The van der Waals surface area contributed by atoms with E-state index in [2.05, 4.69) is 5.32 Å². The fourth-order valence-electron chi connectivity index (χ4n) is 1.03. The molecule has 0 aliphatic carbocycles. The molecule has 0 aromatic carbocycles. The summed E-state index contributed by atoms with van der Waals surface area (Å²) in [5, 5.41) is 4.30. The standard InChI is InChI=1S/C10H14ClNO3S2/c1-4-10(2,3)12-9(13)7-5-8(16-6-7)17(11,14)15/h5-6H,4H2,1-3H3,(H,12,13).